The van der Waals surface area contributed by atoms with Gasteiger partial charge in [-0.2, -0.15) is 0 Å². The molecule has 0 aromatic rings. The van der Waals surface area contributed by atoms with Crippen molar-refractivity contribution in [1.29, 1.82) is 0 Å². The van der Waals surface area contributed by atoms with E-state index in [4.69, 9.17) is 14.2 Å². The van der Waals surface area contributed by atoms with Crippen molar-refractivity contribution in [2.45, 2.75) is 92.9 Å². The molecule has 1 N–H and O–H groups in total. The molecule has 2 spiro atoms. The Morgan fingerprint density at radius 1 is 0.906 bits per heavy atom. The van der Waals surface area contributed by atoms with Gasteiger partial charge in [0.05, 0.1) is 12.2 Å². The van der Waals surface area contributed by atoms with E-state index >= 15 is 0 Å². The molecule has 0 unspecified atom stereocenters. The molecule has 174 valence electrons. The Hall–Kier alpha value is -1.20. The third-order valence-corrected chi connectivity index (χ3v) is 10.0. The van der Waals surface area contributed by atoms with Gasteiger partial charge >= 0.3 is 0 Å². The molecule has 32 heavy (non-hydrogen) atoms. The zero-order valence-corrected chi connectivity index (χ0v) is 19.2. The van der Waals surface area contributed by atoms with Gasteiger partial charge in [0.1, 0.15) is 16.8 Å². The minimum atomic E-state index is -0.824. The number of hydrogen-bond donors (Lipinski definition) is 1. The van der Waals surface area contributed by atoms with E-state index in [-0.39, 0.29) is 17.5 Å². The van der Waals surface area contributed by atoms with Gasteiger partial charge in [0.2, 0.25) is 0 Å². The second kappa shape index (κ2) is 7.40. The third kappa shape index (κ3) is 2.64. The highest BCUT2D eigenvalue weighted by Gasteiger charge is 2.72. The summed E-state index contributed by atoms with van der Waals surface area (Å²) in [5.41, 5.74) is -1.93. The summed E-state index contributed by atoms with van der Waals surface area (Å²) in [6.07, 6.45) is 21.7. The van der Waals surface area contributed by atoms with Crippen LogP contribution in [0.4, 0.5) is 0 Å². The molecule has 2 heterocycles. The number of ether oxygens (including phenoxy) is 3. The molecule has 6 aliphatic rings. The number of hydrogen-bond acceptors (Lipinski definition) is 4. The van der Waals surface area contributed by atoms with E-state index in [9.17, 15) is 5.11 Å². The van der Waals surface area contributed by atoms with Crippen molar-refractivity contribution in [3.63, 3.8) is 0 Å². The summed E-state index contributed by atoms with van der Waals surface area (Å²) in [6, 6.07) is 0. The highest BCUT2D eigenvalue weighted by Crippen LogP contribution is 2.65. The van der Waals surface area contributed by atoms with Crippen LogP contribution in [0, 0.1) is 23.7 Å². The van der Waals surface area contributed by atoms with Crippen molar-refractivity contribution in [3.8, 4) is 0 Å². The van der Waals surface area contributed by atoms with Crippen LogP contribution in [0.5, 0.6) is 0 Å². The third-order valence-electron chi connectivity index (χ3n) is 10.0. The average Bonchev–Trinajstić information content (AvgIpc) is 3.38. The van der Waals surface area contributed by atoms with E-state index in [0.29, 0.717) is 30.1 Å². The molecular weight excluding hydrogens is 400 g/mol. The number of allylic oxidation sites excluding steroid dienone is 4. The summed E-state index contributed by atoms with van der Waals surface area (Å²) < 4.78 is 20.5. The summed E-state index contributed by atoms with van der Waals surface area (Å²) in [5.74, 6) is 1.76. The van der Waals surface area contributed by atoms with E-state index in [1.807, 2.05) is 6.08 Å². The van der Waals surface area contributed by atoms with Gasteiger partial charge in [-0.1, -0.05) is 36.5 Å². The molecule has 4 aliphatic carbocycles. The van der Waals surface area contributed by atoms with E-state index in [1.54, 1.807) is 0 Å². The second-order valence-corrected chi connectivity index (χ2v) is 11.3. The summed E-state index contributed by atoms with van der Waals surface area (Å²) in [7, 11) is 0. The van der Waals surface area contributed by atoms with Crippen LogP contribution in [0.3, 0.4) is 0 Å². The minimum Gasteiger partial charge on any atom is -0.387 e. The zero-order chi connectivity index (χ0) is 22.0. The first-order valence-electron chi connectivity index (χ1n) is 12.8. The molecule has 4 fully saturated rings. The fourth-order valence-corrected chi connectivity index (χ4v) is 8.89. The monoisotopic (exact) mass is 438 g/mol. The molecule has 9 atom stereocenters. The van der Waals surface area contributed by atoms with Crippen LogP contribution >= 0.6 is 0 Å². The average molecular weight is 439 g/mol. The van der Waals surface area contributed by atoms with Crippen LogP contribution in [-0.2, 0) is 14.2 Å². The molecule has 0 aromatic carbocycles. The van der Waals surface area contributed by atoms with Crippen LogP contribution in [0.15, 0.2) is 49.6 Å². The molecule has 0 amide bonds. The van der Waals surface area contributed by atoms with E-state index in [0.717, 1.165) is 64.4 Å². The van der Waals surface area contributed by atoms with E-state index in [1.165, 1.54) is 0 Å². The van der Waals surface area contributed by atoms with Crippen molar-refractivity contribution in [2.75, 3.05) is 6.61 Å². The van der Waals surface area contributed by atoms with E-state index < -0.39 is 11.2 Å². The maximum Gasteiger partial charge on any atom is 0.162 e. The lowest BCUT2D eigenvalue weighted by molar-refractivity contribution is -0.263. The van der Waals surface area contributed by atoms with Crippen LogP contribution in [-0.4, -0.2) is 40.4 Å². The van der Waals surface area contributed by atoms with Gasteiger partial charge in [-0.05, 0) is 75.0 Å². The van der Waals surface area contributed by atoms with Crippen LogP contribution in [0.25, 0.3) is 0 Å². The first-order valence-corrected chi connectivity index (χ1v) is 12.8. The first kappa shape index (κ1) is 21.3. The van der Waals surface area contributed by atoms with Crippen molar-refractivity contribution < 1.29 is 19.3 Å². The van der Waals surface area contributed by atoms with Gasteiger partial charge in [-0.25, -0.2) is 0 Å². The van der Waals surface area contributed by atoms with Gasteiger partial charge in [-0.15, -0.1) is 13.2 Å². The molecule has 2 aliphatic heterocycles. The van der Waals surface area contributed by atoms with E-state index in [2.05, 4.69) is 43.5 Å². The van der Waals surface area contributed by atoms with Crippen molar-refractivity contribution >= 4 is 0 Å². The lowest BCUT2D eigenvalue weighted by atomic mass is 9.72. The predicted molar refractivity (Wildman–Crippen MR) is 124 cm³/mol. The maximum absolute atomic E-state index is 11.9. The smallest absolute Gasteiger partial charge is 0.162 e. The first-order chi connectivity index (χ1) is 15.5. The van der Waals surface area contributed by atoms with Gasteiger partial charge in [0.25, 0.3) is 0 Å². The topological polar surface area (TPSA) is 47.9 Å². The van der Waals surface area contributed by atoms with Crippen LogP contribution in [0.1, 0.15) is 64.2 Å². The highest BCUT2D eigenvalue weighted by molar-refractivity contribution is 5.25. The normalized spacial score (nSPS) is 53.0. The molecule has 6 rings (SSSR count). The Morgan fingerprint density at radius 3 is 2.28 bits per heavy atom. The SMILES string of the molecule is C=CC[C@@H]1C[C@]2(O)C[C@H](O[C@@]34CCO[C@@]35CC=CC[C@@H]5[C@H](CC=C)C4)O[C@@]23CC=CC[C@H]13. The largest absolute Gasteiger partial charge is 0.387 e. The molecule has 0 radical (unpaired) electrons. The van der Waals surface area contributed by atoms with Gasteiger partial charge in [-0.3, -0.25) is 0 Å². The lowest BCUT2D eigenvalue weighted by Gasteiger charge is -2.45. The Bertz CT molecular complexity index is 848. The summed E-state index contributed by atoms with van der Waals surface area (Å²) in [4.78, 5) is 0. The zero-order valence-electron chi connectivity index (χ0n) is 19.2. The van der Waals surface area contributed by atoms with Crippen molar-refractivity contribution in [1.82, 2.24) is 0 Å². The fraction of sp³-hybridized carbons (Fsp3) is 0.714. The fourth-order valence-electron chi connectivity index (χ4n) is 8.89. The minimum absolute atomic E-state index is 0.256. The van der Waals surface area contributed by atoms with Crippen LogP contribution < -0.4 is 0 Å². The quantitative estimate of drug-likeness (QED) is 0.576. The Kier molecular flexibility index (Phi) is 4.93. The van der Waals surface area contributed by atoms with Crippen molar-refractivity contribution in [3.05, 3.63) is 49.6 Å². The molecule has 4 nitrogen and oxygen atoms in total. The lowest BCUT2D eigenvalue weighted by Crippen LogP contribution is -2.54. The molecule has 0 aromatic heterocycles. The Balaban J connectivity index is 1.30. The summed E-state index contributed by atoms with van der Waals surface area (Å²) in [5, 5.41) is 11.9. The van der Waals surface area contributed by atoms with Crippen molar-refractivity contribution in [2.24, 2.45) is 23.7 Å². The Labute approximate surface area is 192 Å². The molecule has 4 heteroatoms. The summed E-state index contributed by atoms with van der Waals surface area (Å²) >= 11 is 0. The Morgan fingerprint density at radius 2 is 1.56 bits per heavy atom. The summed E-state index contributed by atoms with van der Waals surface area (Å²) in [6.45, 7) is 8.74. The number of aliphatic hydroxyl groups is 1. The van der Waals surface area contributed by atoms with Gasteiger partial charge in [0.15, 0.2) is 6.29 Å². The van der Waals surface area contributed by atoms with Crippen LogP contribution in [0.2, 0.25) is 0 Å². The van der Waals surface area contributed by atoms with Gasteiger partial charge in [0, 0.05) is 12.8 Å². The number of rotatable bonds is 6. The highest BCUT2D eigenvalue weighted by atomic mass is 16.7. The molecule has 2 saturated carbocycles. The van der Waals surface area contributed by atoms with Gasteiger partial charge < -0.3 is 19.3 Å². The maximum atomic E-state index is 11.9. The molecular formula is C28H38O4. The predicted octanol–water partition coefficient (Wildman–Crippen LogP) is 5.24. The second-order valence-electron chi connectivity index (χ2n) is 11.3. The molecule has 2 saturated heterocycles. The molecule has 0 bridgehead atoms. The standard InChI is InChI=1S/C28H38O4/c1-3-9-20-17-25(29)19-24(32-27(25)13-7-5-11-22(20)27)31-26-15-16-30-28(26)14-8-6-12-23(28)21(18-26)10-4-2/h3-8,20-24,29H,1-2,9-19H2/t20-,21-,22-,23-,24-,25+,26-,27-,28-/m1/s1.